The van der Waals surface area contributed by atoms with Crippen LogP contribution in [-0.4, -0.2) is 76.8 Å². The van der Waals surface area contributed by atoms with Gasteiger partial charge in [-0.2, -0.15) is 0 Å². The van der Waals surface area contributed by atoms with E-state index in [1.54, 1.807) is 0 Å². The molecule has 1 saturated carbocycles. The summed E-state index contributed by atoms with van der Waals surface area (Å²) < 4.78 is 10.6. The number of rotatable bonds is 9. The standard InChI is InChI=1S/C18H33NO7/c20-11-13-15(22)16(23)17(24)18(26-13)25-10-9-19-14(21)8-4-7-12-5-2-1-3-6-12/h12-13,15-18,20,22-24H,1-11H2,(H,19,21)/t13-,15+,16+,17-,18+/m1/s1. The van der Waals surface area contributed by atoms with E-state index < -0.39 is 37.3 Å². The lowest BCUT2D eigenvalue weighted by Crippen LogP contribution is -2.59. The molecule has 26 heavy (non-hydrogen) atoms. The van der Waals surface area contributed by atoms with Crippen LogP contribution in [0.15, 0.2) is 0 Å². The molecule has 0 aromatic carbocycles. The first kappa shape index (κ1) is 21.5. The van der Waals surface area contributed by atoms with Gasteiger partial charge >= 0.3 is 0 Å². The number of amides is 1. The van der Waals surface area contributed by atoms with Gasteiger partial charge in [-0.05, 0) is 18.8 Å². The second-order valence-electron chi connectivity index (χ2n) is 7.31. The number of ether oxygens (including phenoxy) is 2. The summed E-state index contributed by atoms with van der Waals surface area (Å²) >= 11 is 0. The predicted molar refractivity (Wildman–Crippen MR) is 93.2 cm³/mol. The summed E-state index contributed by atoms with van der Waals surface area (Å²) in [6.07, 6.45) is 2.60. The molecular weight excluding hydrogens is 342 g/mol. The molecule has 0 aromatic heterocycles. The Morgan fingerprint density at radius 1 is 1.08 bits per heavy atom. The van der Waals surface area contributed by atoms with E-state index in [9.17, 15) is 20.1 Å². The Kier molecular flexibility index (Phi) is 9.24. The first-order valence-electron chi connectivity index (χ1n) is 9.71. The van der Waals surface area contributed by atoms with E-state index in [0.29, 0.717) is 6.42 Å². The second-order valence-corrected chi connectivity index (χ2v) is 7.31. The van der Waals surface area contributed by atoms with Gasteiger partial charge in [0, 0.05) is 13.0 Å². The molecule has 0 bridgehead atoms. The number of nitrogens with one attached hydrogen (secondary N) is 1. The van der Waals surface area contributed by atoms with Gasteiger partial charge in [0.1, 0.15) is 24.4 Å². The van der Waals surface area contributed by atoms with Crippen molar-refractivity contribution in [3.8, 4) is 0 Å². The Balaban J connectivity index is 1.56. The summed E-state index contributed by atoms with van der Waals surface area (Å²) in [7, 11) is 0. The van der Waals surface area contributed by atoms with E-state index in [4.69, 9.17) is 14.6 Å². The summed E-state index contributed by atoms with van der Waals surface area (Å²) in [5.74, 6) is 0.740. The molecule has 0 radical (unpaired) electrons. The van der Waals surface area contributed by atoms with Crippen molar-refractivity contribution in [3.63, 3.8) is 0 Å². The Hall–Kier alpha value is -0.770. The van der Waals surface area contributed by atoms with Gasteiger partial charge in [-0.3, -0.25) is 4.79 Å². The van der Waals surface area contributed by atoms with Crippen molar-refractivity contribution in [2.45, 2.75) is 82.1 Å². The Labute approximate surface area is 154 Å². The van der Waals surface area contributed by atoms with Crippen LogP contribution < -0.4 is 5.32 Å². The number of hydrogen-bond donors (Lipinski definition) is 5. The number of hydrogen-bond acceptors (Lipinski definition) is 7. The summed E-state index contributed by atoms with van der Waals surface area (Å²) in [4.78, 5) is 11.8. The fourth-order valence-electron chi connectivity index (χ4n) is 3.69. The van der Waals surface area contributed by atoms with Crippen LogP contribution >= 0.6 is 0 Å². The number of aliphatic hydroxyl groups excluding tert-OH is 4. The number of aliphatic hydroxyl groups is 4. The van der Waals surface area contributed by atoms with Crippen LogP contribution in [0.4, 0.5) is 0 Å². The van der Waals surface area contributed by atoms with E-state index in [0.717, 1.165) is 18.8 Å². The van der Waals surface area contributed by atoms with Crippen molar-refractivity contribution in [3.05, 3.63) is 0 Å². The minimum Gasteiger partial charge on any atom is -0.394 e. The fraction of sp³-hybridized carbons (Fsp3) is 0.944. The van der Waals surface area contributed by atoms with Crippen molar-refractivity contribution in [2.75, 3.05) is 19.8 Å². The third kappa shape index (κ3) is 6.44. The highest BCUT2D eigenvalue weighted by Gasteiger charge is 2.43. The quantitative estimate of drug-likeness (QED) is 0.349. The largest absolute Gasteiger partial charge is 0.394 e. The summed E-state index contributed by atoms with van der Waals surface area (Å²) in [5, 5.41) is 41.1. The van der Waals surface area contributed by atoms with E-state index in [1.165, 1.54) is 32.1 Å². The maximum Gasteiger partial charge on any atom is 0.220 e. The van der Waals surface area contributed by atoms with E-state index >= 15 is 0 Å². The normalized spacial score (nSPS) is 33.2. The SMILES string of the molecule is O=C(CCCC1CCCCC1)NCCO[C@H]1O[C@H](CO)[C@H](O)[C@H](O)[C@H]1O. The van der Waals surface area contributed by atoms with Crippen molar-refractivity contribution in [1.82, 2.24) is 5.32 Å². The molecule has 0 unspecified atom stereocenters. The molecule has 0 spiro atoms. The van der Waals surface area contributed by atoms with Crippen LogP contribution in [0.5, 0.6) is 0 Å². The summed E-state index contributed by atoms with van der Waals surface area (Å²) in [6.45, 7) is -0.142. The van der Waals surface area contributed by atoms with Crippen LogP contribution in [0.25, 0.3) is 0 Å². The lowest BCUT2D eigenvalue weighted by molar-refractivity contribution is -0.300. The molecule has 8 heteroatoms. The van der Waals surface area contributed by atoms with Gasteiger partial charge in [0.05, 0.1) is 13.2 Å². The number of carbonyl (C=O) groups is 1. The highest BCUT2D eigenvalue weighted by molar-refractivity contribution is 5.75. The topological polar surface area (TPSA) is 128 Å². The van der Waals surface area contributed by atoms with Gasteiger partial charge < -0.3 is 35.2 Å². The first-order valence-corrected chi connectivity index (χ1v) is 9.71. The van der Waals surface area contributed by atoms with Gasteiger partial charge in [0.15, 0.2) is 6.29 Å². The molecule has 8 nitrogen and oxygen atoms in total. The van der Waals surface area contributed by atoms with Gasteiger partial charge in [-0.1, -0.05) is 32.1 Å². The molecular formula is C18H33NO7. The van der Waals surface area contributed by atoms with Crippen molar-refractivity contribution >= 4 is 5.91 Å². The smallest absolute Gasteiger partial charge is 0.220 e. The Morgan fingerprint density at radius 3 is 2.50 bits per heavy atom. The zero-order valence-electron chi connectivity index (χ0n) is 15.3. The summed E-state index contributed by atoms with van der Waals surface area (Å²) in [6, 6.07) is 0. The minimum atomic E-state index is -1.46. The average Bonchev–Trinajstić information content (AvgIpc) is 2.66. The third-order valence-electron chi connectivity index (χ3n) is 5.30. The zero-order chi connectivity index (χ0) is 18.9. The summed E-state index contributed by atoms with van der Waals surface area (Å²) in [5.41, 5.74) is 0. The predicted octanol–water partition coefficient (Wildman–Crippen LogP) is -0.330. The van der Waals surface area contributed by atoms with E-state index in [2.05, 4.69) is 5.32 Å². The van der Waals surface area contributed by atoms with Gasteiger partial charge in [-0.25, -0.2) is 0 Å². The van der Waals surface area contributed by atoms with Crippen LogP contribution in [0, 0.1) is 5.92 Å². The highest BCUT2D eigenvalue weighted by atomic mass is 16.7. The fourth-order valence-corrected chi connectivity index (χ4v) is 3.69. The maximum atomic E-state index is 11.8. The Bertz CT molecular complexity index is 414. The molecule has 2 aliphatic rings. The van der Waals surface area contributed by atoms with Gasteiger partial charge in [0.2, 0.25) is 5.91 Å². The van der Waals surface area contributed by atoms with Crippen molar-refractivity contribution in [2.24, 2.45) is 5.92 Å². The van der Waals surface area contributed by atoms with Crippen LogP contribution in [0.2, 0.25) is 0 Å². The molecule has 1 saturated heterocycles. The first-order chi connectivity index (χ1) is 12.5. The second kappa shape index (κ2) is 11.2. The maximum absolute atomic E-state index is 11.8. The van der Waals surface area contributed by atoms with Gasteiger partial charge in [0.25, 0.3) is 0 Å². The van der Waals surface area contributed by atoms with E-state index in [-0.39, 0.29) is 19.1 Å². The number of carbonyl (C=O) groups excluding carboxylic acids is 1. The molecule has 2 rings (SSSR count). The molecule has 1 heterocycles. The van der Waals surface area contributed by atoms with Crippen molar-refractivity contribution < 1.29 is 34.7 Å². The minimum absolute atomic E-state index is 0.0294. The zero-order valence-corrected chi connectivity index (χ0v) is 15.3. The van der Waals surface area contributed by atoms with Crippen LogP contribution in [0.3, 0.4) is 0 Å². The average molecular weight is 375 g/mol. The van der Waals surface area contributed by atoms with Crippen LogP contribution in [-0.2, 0) is 14.3 Å². The molecule has 1 aliphatic heterocycles. The lowest BCUT2D eigenvalue weighted by atomic mass is 9.86. The molecule has 1 aliphatic carbocycles. The molecule has 2 fully saturated rings. The Morgan fingerprint density at radius 2 is 1.81 bits per heavy atom. The molecule has 5 N–H and O–H groups in total. The van der Waals surface area contributed by atoms with E-state index in [1.807, 2.05) is 0 Å². The molecule has 0 aromatic rings. The lowest BCUT2D eigenvalue weighted by Gasteiger charge is -2.39. The monoisotopic (exact) mass is 375 g/mol. The van der Waals surface area contributed by atoms with Crippen molar-refractivity contribution in [1.29, 1.82) is 0 Å². The third-order valence-corrected chi connectivity index (χ3v) is 5.30. The molecule has 152 valence electrons. The van der Waals surface area contributed by atoms with Crippen LogP contribution in [0.1, 0.15) is 51.4 Å². The molecule has 5 atom stereocenters. The molecule has 1 amide bonds. The highest BCUT2D eigenvalue weighted by Crippen LogP contribution is 2.27. The van der Waals surface area contributed by atoms with Gasteiger partial charge in [-0.15, -0.1) is 0 Å².